The molecule has 3 N–H and O–H groups in total. The maximum absolute atomic E-state index is 15.2. The molecule has 4 aliphatic rings. The molecule has 3 fully saturated rings. The minimum atomic E-state index is -2.11. The number of carbonyl (C=O) groups excluding carboxylic acids is 5. The molecule has 13 heteroatoms. The standard InChI is InChI=1S/C45H57NO12/c1-24-30(55-38(50)26(3)34(28-17-13-11-14-18-28)46-40(52)58-41(5,6)7)22-45(53)37(56-39(51)29-19-15-12-16-20-29)35-43(10,36(49)25(2)33(24)42(45,8)9)31(48)21-32-44(35,23-54-32)57-27(4)47/h11-20,25-26,30-32,34-35,37,48,53H,21-23H2,1-10H3,(H,46,52)/t25-,26-,30+,31+,32-,34-,35?,37?,43-,44+,45-/m1/s1. The average molecular weight is 804 g/mol. The largest absolute Gasteiger partial charge is 0.457 e. The molecule has 0 spiro atoms. The predicted octanol–water partition coefficient (Wildman–Crippen LogP) is 5.81. The number of nitrogens with one attached hydrogen (secondary N) is 1. The van der Waals surface area contributed by atoms with Crippen molar-refractivity contribution in [3.8, 4) is 0 Å². The van der Waals surface area contributed by atoms with Gasteiger partial charge in [-0.1, -0.05) is 69.3 Å². The number of amides is 1. The second-order valence-corrected chi connectivity index (χ2v) is 18.2. The van der Waals surface area contributed by atoms with Gasteiger partial charge in [-0.3, -0.25) is 14.4 Å². The first-order valence-corrected chi connectivity index (χ1v) is 20.0. The van der Waals surface area contributed by atoms with Crippen molar-refractivity contribution >= 4 is 29.8 Å². The highest BCUT2D eigenvalue weighted by atomic mass is 16.6. The van der Waals surface area contributed by atoms with Crippen LogP contribution < -0.4 is 5.32 Å². The molecule has 2 bridgehead atoms. The maximum atomic E-state index is 15.2. The number of esters is 3. The fourth-order valence-electron chi connectivity index (χ4n) is 10.2. The molecular formula is C45H57NO12. The number of rotatable bonds is 8. The Hall–Kier alpha value is -4.59. The quantitative estimate of drug-likeness (QED) is 0.166. The number of alkyl carbamates (subject to hydrolysis) is 1. The van der Waals surface area contributed by atoms with Gasteiger partial charge in [-0.15, -0.1) is 0 Å². The van der Waals surface area contributed by atoms with E-state index >= 15 is 4.79 Å². The van der Waals surface area contributed by atoms with Crippen molar-refractivity contribution in [3.63, 3.8) is 0 Å². The lowest BCUT2D eigenvalue weighted by Crippen LogP contribution is -2.81. The van der Waals surface area contributed by atoms with E-state index in [1.165, 1.54) is 6.92 Å². The van der Waals surface area contributed by atoms with Gasteiger partial charge in [-0.25, -0.2) is 9.59 Å². The third kappa shape index (κ3) is 7.12. The van der Waals surface area contributed by atoms with Crippen LogP contribution >= 0.6 is 0 Å². The Bertz CT molecular complexity index is 1970. The van der Waals surface area contributed by atoms with Crippen LogP contribution in [0, 0.1) is 28.6 Å². The minimum Gasteiger partial charge on any atom is -0.457 e. The molecule has 1 amide bonds. The van der Waals surface area contributed by atoms with E-state index in [-0.39, 0.29) is 25.0 Å². The van der Waals surface area contributed by atoms with Gasteiger partial charge in [0, 0.05) is 31.1 Å². The molecule has 2 aromatic rings. The van der Waals surface area contributed by atoms with Gasteiger partial charge in [0.2, 0.25) is 0 Å². The second-order valence-electron chi connectivity index (χ2n) is 18.2. The lowest BCUT2D eigenvalue weighted by Gasteiger charge is -2.67. The highest BCUT2D eigenvalue weighted by molar-refractivity contribution is 5.92. The highest BCUT2D eigenvalue weighted by Gasteiger charge is 2.77. The minimum absolute atomic E-state index is 0.0457. The van der Waals surface area contributed by atoms with Crippen LogP contribution in [0.25, 0.3) is 0 Å². The van der Waals surface area contributed by atoms with Crippen LogP contribution in [0.5, 0.6) is 0 Å². The smallest absolute Gasteiger partial charge is 0.408 e. The Kier molecular flexibility index (Phi) is 11.3. The molecule has 1 heterocycles. The van der Waals surface area contributed by atoms with E-state index < -0.39 is 106 Å². The zero-order chi connectivity index (χ0) is 42.7. The van der Waals surface area contributed by atoms with Crippen molar-refractivity contribution in [2.45, 2.75) is 129 Å². The van der Waals surface area contributed by atoms with Gasteiger partial charge < -0.3 is 39.2 Å². The summed E-state index contributed by atoms with van der Waals surface area (Å²) in [6.45, 7) is 16.4. The number of Topliss-reactive ketones (excluding diaryl/α,β-unsaturated/α-hetero) is 1. The first-order chi connectivity index (χ1) is 27.0. The normalized spacial score (nSPS) is 33.7. The van der Waals surface area contributed by atoms with Gasteiger partial charge in [-0.2, -0.15) is 0 Å². The number of aliphatic hydroxyl groups excluding tert-OH is 1. The third-order valence-corrected chi connectivity index (χ3v) is 13.2. The van der Waals surface area contributed by atoms with Crippen LogP contribution in [-0.2, 0) is 38.1 Å². The predicted molar refractivity (Wildman–Crippen MR) is 210 cm³/mol. The summed E-state index contributed by atoms with van der Waals surface area (Å²) in [6, 6.07) is 16.2. The molecule has 0 aromatic heterocycles. The Balaban J connectivity index is 1.49. The van der Waals surface area contributed by atoms with Crippen LogP contribution in [-0.4, -0.2) is 87.8 Å². The van der Waals surface area contributed by atoms with Gasteiger partial charge in [-0.05, 0) is 70.4 Å². The number of benzene rings is 2. The van der Waals surface area contributed by atoms with Gasteiger partial charge >= 0.3 is 24.0 Å². The van der Waals surface area contributed by atoms with Gasteiger partial charge in [0.15, 0.2) is 5.60 Å². The van der Waals surface area contributed by atoms with E-state index in [0.29, 0.717) is 16.7 Å². The molecule has 1 saturated heterocycles. The maximum Gasteiger partial charge on any atom is 0.408 e. The third-order valence-electron chi connectivity index (χ3n) is 13.2. The Morgan fingerprint density at radius 3 is 2.12 bits per heavy atom. The van der Waals surface area contributed by atoms with Crippen molar-refractivity contribution in [3.05, 3.63) is 82.9 Å². The lowest BCUT2D eigenvalue weighted by atomic mass is 9.43. The number of aliphatic hydroxyl groups is 2. The fraction of sp³-hybridized carbons (Fsp3) is 0.578. The first kappa shape index (κ1) is 43.0. The van der Waals surface area contributed by atoms with E-state index in [4.69, 9.17) is 23.7 Å². The number of ether oxygens (including phenoxy) is 5. The summed E-state index contributed by atoms with van der Waals surface area (Å²) in [5.74, 6) is -5.88. The molecule has 314 valence electrons. The second kappa shape index (κ2) is 15.2. The highest BCUT2D eigenvalue weighted by Crippen LogP contribution is 2.65. The zero-order valence-corrected chi connectivity index (χ0v) is 35.0. The summed E-state index contributed by atoms with van der Waals surface area (Å²) in [4.78, 5) is 69.8. The SMILES string of the molecule is CC(=O)O[C@@]12CO[C@@H]1C[C@H](O)[C@@]1(C)C(=O)[C@H](C)C3=C(C)[C@@H](OC(=O)[C@H](C)[C@@H](NC(=O)OC(C)(C)C)c4ccccc4)C[C@@](O)(C(OC(=O)c4ccccc4)C12)C3(C)C. The monoisotopic (exact) mass is 803 g/mol. The topological polar surface area (TPSA) is 184 Å². The molecule has 58 heavy (non-hydrogen) atoms. The number of hydrogen-bond donors (Lipinski definition) is 3. The van der Waals surface area contributed by atoms with Crippen molar-refractivity contribution in [1.29, 1.82) is 0 Å². The van der Waals surface area contributed by atoms with Crippen LogP contribution in [0.1, 0.15) is 104 Å². The molecule has 1 aliphatic heterocycles. The molecule has 11 atom stereocenters. The molecule has 6 rings (SSSR count). The summed E-state index contributed by atoms with van der Waals surface area (Å²) in [7, 11) is 0. The zero-order valence-electron chi connectivity index (χ0n) is 35.0. The molecular weight excluding hydrogens is 746 g/mol. The van der Waals surface area contributed by atoms with Crippen molar-refractivity contribution in [2.24, 2.45) is 28.6 Å². The summed E-state index contributed by atoms with van der Waals surface area (Å²) in [6.07, 6.45) is -6.07. The fourth-order valence-corrected chi connectivity index (χ4v) is 10.2. The van der Waals surface area contributed by atoms with E-state index in [0.717, 1.165) is 0 Å². The average Bonchev–Trinajstić information content (AvgIpc) is 3.14. The van der Waals surface area contributed by atoms with Crippen LogP contribution in [0.15, 0.2) is 71.8 Å². The molecule has 3 aliphatic carbocycles. The number of hydrogen-bond acceptors (Lipinski definition) is 12. The van der Waals surface area contributed by atoms with Gasteiger partial charge in [0.25, 0.3) is 0 Å². The molecule has 2 unspecified atom stereocenters. The lowest BCUT2D eigenvalue weighted by molar-refractivity contribution is -0.345. The van der Waals surface area contributed by atoms with E-state index in [1.54, 1.807) is 117 Å². The van der Waals surface area contributed by atoms with Crippen molar-refractivity contribution in [2.75, 3.05) is 6.61 Å². The van der Waals surface area contributed by atoms with Gasteiger partial charge in [0.05, 0.1) is 41.6 Å². The summed E-state index contributed by atoms with van der Waals surface area (Å²) < 4.78 is 30.3. The Morgan fingerprint density at radius 1 is 0.966 bits per heavy atom. The number of ketones is 1. The van der Waals surface area contributed by atoms with Crippen LogP contribution in [0.4, 0.5) is 4.79 Å². The summed E-state index contributed by atoms with van der Waals surface area (Å²) >= 11 is 0. The Morgan fingerprint density at radius 2 is 1.57 bits per heavy atom. The van der Waals surface area contributed by atoms with Crippen LogP contribution in [0.3, 0.4) is 0 Å². The Labute approximate surface area is 339 Å². The van der Waals surface area contributed by atoms with Crippen molar-refractivity contribution < 1.29 is 57.9 Å². The molecule has 13 nitrogen and oxygen atoms in total. The van der Waals surface area contributed by atoms with E-state index in [9.17, 15) is 29.4 Å². The number of fused-ring (bicyclic) bond motifs is 5. The summed E-state index contributed by atoms with van der Waals surface area (Å²) in [5.41, 5.74) is -5.78. The van der Waals surface area contributed by atoms with E-state index in [1.807, 2.05) is 6.07 Å². The van der Waals surface area contributed by atoms with Crippen molar-refractivity contribution in [1.82, 2.24) is 5.32 Å². The molecule has 0 radical (unpaired) electrons. The summed E-state index contributed by atoms with van der Waals surface area (Å²) in [5, 5.41) is 28.4. The van der Waals surface area contributed by atoms with Gasteiger partial charge in [0.1, 0.15) is 35.3 Å². The molecule has 2 saturated carbocycles. The first-order valence-electron chi connectivity index (χ1n) is 20.0. The van der Waals surface area contributed by atoms with Crippen LogP contribution in [0.2, 0.25) is 0 Å². The van der Waals surface area contributed by atoms with E-state index in [2.05, 4.69) is 5.32 Å². The number of carbonyl (C=O) groups is 5. The molecule has 2 aromatic carbocycles.